The second-order valence-corrected chi connectivity index (χ2v) is 6.11. The third-order valence-electron chi connectivity index (χ3n) is 3.82. The molecule has 1 fully saturated rings. The highest BCUT2D eigenvalue weighted by molar-refractivity contribution is 5.89. The SMILES string of the molecule is COC(=O)c1ccc(C=C2CCN(CC(C)C)CC2)cc1. The van der Waals surface area contributed by atoms with Gasteiger partial charge in [-0.3, -0.25) is 0 Å². The van der Waals surface area contributed by atoms with Crippen LogP contribution in [-0.4, -0.2) is 37.6 Å². The first-order valence-electron chi connectivity index (χ1n) is 7.68. The Morgan fingerprint density at radius 1 is 1.24 bits per heavy atom. The summed E-state index contributed by atoms with van der Waals surface area (Å²) in [5, 5.41) is 0. The van der Waals surface area contributed by atoms with Crippen molar-refractivity contribution in [2.24, 2.45) is 5.92 Å². The van der Waals surface area contributed by atoms with Gasteiger partial charge in [-0.05, 0) is 36.5 Å². The summed E-state index contributed by atoms with van der Waals surface area (Å²) in [7, 11) is 1.41. The lowest BCUT2D eigenvalue weighted by Gasteiger charge is -2.29. The van der Waals surface area contributed by atoms with Crippen LogP contribution < -0.4 is 0 Å². The van der Waals surface area contributed by atoms with E-state index in [0.717, 1.165) is 37.4 Å². The molecule has 0 radical (unpaired) electrons. The molecule has 1 saturated heterocycles. The van der Waals surface area contributed by atoms with Crippen LogP contribution in [0.4, 0.5) is 0 Å². The summed E-state index contributed by atoms with van der Waals surface area (Å²) in [4.78, 5) is 13.9. The molecule has 3 heteroatoms. The third kappa shape index (κ3) is 4.71. The van der Waals surface area contributed by atoms with E-state index >= 15 is 0 Å². The van der Waals surface area contributed by atoms with Gasteiger partial charge in [0.15, 0.2) is 0 Å². The van der Waals surface area contributed by atoms with Crippen LogP contribution in [0.5, 0.6) is 0 Å². The molecular formula is C18H25NO2. The molecule has 0 saturated carbocycles. The zero-order chi connectivity index (χ0) is 15.2. The van der Waals surface area contributed by atoms with E-state index in [1.165, 1.54) is 19.2 Å². The maximum atomic E-state index is 11.4. The van der Waals surface area contributed by atoms with Crippen molar-refractivity contribution in [2.45, 2.75) is 26.7 Å². The molecule has 1 aliphatic rings. The number of ether oxygens (including phenoxy) is 1. The number of likely N-dealkylation sites (tertiary alicyclic amines) is 1. The summed E-state index contributed by atoms with van der Waals surface area (Å²) < 4.78 is 4.71. The number of carbonyl (C=O) groups excluding carboxylic acids is 1. The number of carbonyl (C=O) groups is 1. The summed E-state index contributed by atoms with van der Waals surface area (Å²) in [5.74, 6) is 0.456. The second-order valence-electron chi connectivity index (χ2n) is 6.11. The van der Waals surface area contributed by atoms with E-state index < -0.39 is 0 Å². The van der Waals surface area contributed by atoms with Crippen LogP contribution in [0, 0.1) is 5.92 Å². The molecule has 21 heavy (non-hydrogen) atoms. The van der Waals surface area contributed by atoms with Crippen LogP contribution >= 0.6 is 0 Å². The third-order valence-corrected chi connectivity index (χ3v) is 3.82. The fourth-order valence-electron chi connectivity index (χ4n) is 2.75. The van der Waals surface area contributed by atoms with Crippen LogP contribution in [0.1, 0.15) is 42.6 Å². The van der Waals surface area contributed by atoms with E-state index in [-0.39, 0.29) is 5.97 Å². The molecule has 0 unspecified atom stereocenters. The molecule has 0 N–H and O–H groups in total. The van der Waals surface area contributed by atoms with E-state index in [4.69, 9.17) is 4.74 Å². The summed E-state index contributed by atoms with van der Waals surface area (Å²) in [6.07, 6.45) is 4.55. The van der Waals surface area contributed by atoms with Gasteiger partial charge in [-0.2, -0.15) is 0 Å². The normalized spacial score (nSPS) is 16.1. The van der Waals surface area contributed by atoms with Gasteiger partial charge in [0.25, 0.3) is 0 Å². The number of methoxy groups -OCH3 is 1. The van der Waals surface area contributed by atoms with Gasteiger partial charge in [-0.25, -0.2) is 4.79 Å². The molecule has 0 bridgehead atoms. The summed E-state index contributed by atoms with van der Waals surface area (Å²) >= 11 is 0. The molecular weight excluding hydrogens is 262 g/mol. The molecule has 3 nitrogen and oxygen atoms in total. The zero-order valence-electron chi connectivity index (χ0n) is 13.3. The van der Waals surface area contributed by atoms with Crippen molar-refractivity contribution in [2.75, 3.05) is 26.7 Å². The Morgan fingerprint density at radius 3 is 2.38 bits per heavy atom. The highest BCUT2D eigenvalue weighted by Gasteiger charge is 2.14. The van der Waals surface area contributed by atoms with E-state index in [1.54, 1.807) is 0 Å². The minimum absolute atomic E-state index is 0.281. The predicted octanol–water partition coefficient (Wildman–Crippen LogP) is 3.61. The van der Waals surface area contributed by atoms with Gasteiger partial charge >= 0.3 is 5.97 Å². The lowest BCUT2D eigenvalue weighted by atomic mass is 9.99. The quantitative estimate of drug-likeness (QED) is 0.792. The van der Waals surface area contributed by atoms with Gasteiger partial charge in [0.05, 0.1) is 12.7 Å². The molecule has 0 aromatic heterocycles. The molecule has 2 rings (SSSR count). The minimum Gasteiger partial charge on any atom is -0.465 e. The number of rotatable bonds is 4. The minimum atomic E-state index is -0.281. The Labute approximate surface area is 127 Å². The van der Waals surface area contributed by atoms with Gasteiger partial charge < -0.3 is 9.64 Å². The smallest absolute Gasteiger partial charge is 0.337 e. The number of hydrogen-bond acceptors (Lipinski definition) is 3. The van der Waals surface area contributed by atoms with E-state index in [1.807, 2.05) is 24.3 Å². The number of piperidine rings is 1. The molecule has 0 spiro atoms. The summed E-state index contributed by atoms with van der Waals surface area (Å²) in [5.41, 5.74) is 3.27. The molecule has 0 aliphatic carbocycles. The second kappa shape index (κ2) is 7.41. The first-order valence-corrected chi connectivity index (χ1v) is 7.68. The maximum absolute atomic E-state index is 11.4. The molecule has 0 atom stereocenters. The van der Waals surface area contributed by atoms with Gasteiger partial charge in [-0.1, -0.05) is 37.6 Å². The molecule has 1 aliphatic heterocycles. The van der Waals surface area contributed by atoms with Crippen molar-refractivity contribution in [1.82, 2.24) is 4.90 Å². The average molecular weight is 287 g/mol. The van der Waals surface area contributed by atoms with Crippen LogP contribution in [0.3, 0.4) is 0 Å². The van der Waals surface area contributed by atoms with Crippen molar-refractivity contribution >= 4 is 12.0 Å². The Balaban J connectivity index is 1.94. The van der Waals surface area contributed by atoms with Crippen LogP contribution in [-0.2, 0) is 4.74 Å². The maximum Gasteiger partial charge on any atom is 0.337 e. The van der Waals surface area contributed by atoms with Crippen LogP contribution in [0.15, 0.2) is 29.8 Å². The molecule has 0 amide bonds. The lowest BCUT2D eigenvalue weighted by Crippen LogP contribution is -2.33. The van der Waals surface area contributed by atoms with E-state index in [0.29, 0.717) is 5.56 Å². The van der Waals surface area contributed by atoms with Crippen LogP contribution in [0.2, 0.25) is 0 Å². The van der Waals surface area contributed by atoms with E-state index in [2.05, 4.69) is 24.8 Å². The average Bonchev–Trinajstić information content (AvgIpc) is 2.49. The van der Waals surface area contributed by atoms with Crippen molar-refractivity contribution in [3.8, 4) is 0 Å². The number of hydrogen-bond donors (Lipinski definition) is 0. The molecule has 1 aromatic rings. The Kier molecular flexibility index (Phi) is 5.57. The van der Waals surface area contributed by atoms with Crippen molar-refractivity contribution in [3.05, 3.63) is 41.0 Å². The molecule has 1 aromatic carbocycles. The highest BCUT2D eigenvalue weighted by Crippen LogP contribution is 2.20. The van der Waals surface area contributed by atoms with Crippen molar-refractivity contribution in [1.29, 1.82) is 0 Å². The topological polar surface area (TPSA) is 29.5 Å². The molecule has 1 heterocycles. The largest absolute Gasteiger partial charge is 0.465 e. The first-order chi connectivity index (χ1) is 10.1. The standard InChI is InChI=1S/C18H25NO2/c1-14(2)13-19-10-8-16(9-11-19)12-15-4-6-17(7-5-15)18(20)21-3/h4-7,12,14H,8-11,13H2,1-3H3. The predicted molar refractivity (Wildman–Crippen MR) is 86.3 cm³/mol. The Morgan fingerprint density at radius 2 is 1.86 bits per heavy atom. The number of benzene rings is 1. The first kappa shape index (κ1) is 15.8. The highest BCUT2D eigenvalue weighted by atomic mass is 16.5. The summed E-state index contributed by atoms with van der Waals surface area (Å²) in [6.45, 7) is 8.05. The number of esters is 1. The van der Waals surface area contributed by atoms with Crippen molar-refractivity contribution in [3.63, 3.8) is 0 Å². The lowest BCUT2D eigenvalue weighted by molar-refractivity contribution is 0.0600. The fourth-order valence-corrected chi connectivity index (χ4v) is 2.75. The molecule has 114 valence electrons. The van der Waals surface area contributed by atoms with Gasteiger partial charge in [-0.15, -0.1) is 0 Å². The van der Waals surface area contributed by atoms with E-state index in [9.17, 15) is 4.79 Å². The Bertz CT molecular complexity index is 492. The fraction of sp³-hybridized carbons (Fsp3) is 0.500. The van der Waals surface area contributed by atoms with Gasteiger partial charge in [0.1, 0.15) is 0 Å². The van der Waals surface area contributed by atoms with Crippen LogP contribution in [0.25, 0.3) is 6.08 Å². The monoisotopic (exact) mass is 287 g/mol. The summed E-state index contributed by atoms with van der Waals surface area (Å²) in [6, 6.07) is 7.62. The number of nitrogens with zero attached hydrogens (tertiary/aromatic N) is 1. The zero-order valence-corrected chi connectivity index (χ0v) is 13.3. The van der Waals surface area contributed by atoms with Gasteiger partial charge in [0, 0.05) is 19.6 Å². The van der Waals surface area contributed by atoms with Crippen molar-refractivity contribution < 1.29 is 9.53 Å². The van der Waals surface area contributed by atoms with Gasteiger partial charge in [0.2, 0.25) is 0 Å². The Hall–Kier alpha value is -1.61.